The largest absolute Gasteiger partial charge is 0.248 e. The highest BCUT2D eigenvalue weighted by Gasteiger charge is 2.15. The lowest BCUT2D eigenvalue weighted by Gasteiger charge is -2.14. The van der Waals surface area contributed by atoms with Crippen molar-refractivity contribution >= 4 is 21.7 Å². The van der Waals surface area contributed by atoms with E-state index >= 15 is 0 Å². The van der Waals surface area contributed by atoms with Gasteiger partial charge in [-0.1, -0.05) is 182 Å². The zero-order valence-electron chi connectivity index (χ0n) is 30.7. The molecule has 0 radical (unpaired) electrons. The van der Waals surface area contributed by atoms with Crippen LogP contribution in [0.5, 0.6) is 0 Å². The Kier molecular flexibility index (Phi) is 8.55. The van der Waals surface area contributed by atoms with Crippen molar-refractivity contribution in [3.8, 4) is 78.3 Å². The average molecular weight is 713 g/mol. The monoisotopic (exact) mass is 712 g/mol. The quantitative estimate of drug-likeness (QED) is 0.154. The molecule has 2 heterocycles. The van der Waals surface area contributed by atoms with Crippen molar-refractivity contribution in [2.24, 2.45) is 0 Å². The molecule has 2 heteroatoms. The molecule has 2 nitrogen and oxygen atoms in total. The first-order valence-electron chi connectivity index (χ1n) is 19.1. The van der Waals surface area contributed by atoms with Crippen LogP contribution in [0, 0.1) is 0 Å². The van der Waals surface area contributed by atoms with E-state index in [1.54, 1.807) is 0 Å². The fourth-order valence-corrected chi connectivity index (χ4v) is 7.78. The molecule has 0 unspecified atom stereocenters. The third kappa shape index (κ3) is 6.44. The Morgan fingerprint density at radius 1 is 0.250 bits per heavy atom. The maximum absolute atomic E-state index is 5.20. The zero-order valence-corrected chi connectivity index (χ0v) is 30.7. The van der Waals surface area contributed by atoms with Crippen molar-refractivity contribution in [3.05, 3.63) is 218 Å². The van der Waals surface area contributed by atoms with Gasteiger partial charge in [0.15, 0.2) is 0 Å². The van der Waals surface area contributed by atoms with Crippen LogP contribution in [0.15, 0.2) is 218 Å². The van der Waals surface area contributed by atoms with Gasteiger partial charge in [-0.05, 0) is 91.7 Å². The number of hydrogen-bond donors (Lipinski definition) is 0. The van der Waals surface area contributed by atoms with Crippen molar-refractivity contribution in [1.29, 1.82) is 0 Å². The van der Waals surface area contributed by atoms with E-state index in [0.29, 0.717) is 0 Å². The van der Waals surface area contributed by atoms with Crippen LogP contribution in [0.1, 0.15) is 0 Å². The van der Waals surface area contributed by atoms with Crippen LogP contribution in [0.2, 0.25) is 0 Å². The Morgan fingerprint density at radius 3 is 1.25 bits per heavy atom. The number of nitrogens with zero attached hydrogens (tertiary/aromatic N) is 2. The van der Waals surface area contributed by atoms with Gasteiger partial charge in [-0.15, -0.1) is 0 Å². The summed E-state index contributed by atoms with van der Waals surface area (Å²) in [4.78, 5) is 10.3. The number of hydrogen-bond acceptors (Lipinski definition) is 2. The summed E-state index contributed by atoms with van der Waals surface area (Å²) >= 11 is 0. The molecule has 262 valence electrons. The topological polar surface area (TPSA) is 25.8 Å². The Morgan fingerprint density at radius 2 is 0.679 bits per heavy atom. The molecule has 0 saturated carbocycles. The molecule has 10 rings (SSSR count). The second-order valence-electron chi connectivity index (χ2n) is 14.2. The van der Waals surface area contributed by atoms with Crippen LogP contribution in [0.3, 0.4) is 0 Å². The molecule has 2 aromatic heterocycles. The molecule has 0 fully saturated rings. The molecule has 8 aromatic carbocycles. The lowest BCUT2D eigenvalue weighted by Crippen LogP contribution is -1.92. The highest BCUT2D eigenvalue weighted by Crippen LogP contribution is 2.39. The second-order valence-corrected chi connectivity index (χ2v) is 14.2. The second kappa shape index (κ2) is 14.4. The van der Waals surface area contributed by atoms with Crippen LogP contribution in [0.4, 0.5) is 0 Å². The minimum Gasteiger partial charge on any atom is -0.248 e. The molecule has 0 atom stereocenters. The molecule has 0 N–H and O–H groups in total. The van der Waals surface area contributed by atoms with E-state index in [0.717, 1.165) is 50.4 Å². The first kappa shape index (κ1) is 33.2. The normalized spacial score (nSPS) is 11.2. The summed E-state index contributed by atoms with van der Waals surface area (Å²) in [6.07, 6.45) is 0. The predicted octanol–water partition coefficient (Wildman–Crippen LogP) is 14.5. The van der Waals surface area contributed by atoms with Gasteiger partial charge in [-0.3, -0.25) is 0 Å². The maximum atomic E-state index is 5.20. The molecule has 10 aromatic rings. The third-order valence-electron chi connectivity index (χ3n) is 10.7. The summed E-state index contributed by atoms with van der Waals surface area (Å²) in [5.74, 6) is 0. The lowest BCUT2D eigenvalue weighted by molar-refractivity contribution is 1.32. The van der Waals surface area contributed by atoms with Crippen molar-refractivity contribution in [3.63, 3.8) is 0 Å². The Bertz CT molecular complexity index is 2920. The SMILES string of the molecule is c1ccc(-c2cc(-c3ccc(-c4cccc(-c5ccc6ccc7nc(-c8ccccc8)cc(-c8ccccc8)c7c6c5)c4)cc3)cc(-c3ccccc3)n2)cc1. The van der Waals surface area contributed by atoms with Gasteiger partial charge in [-0.2, -0.15) is 0 Å². The van der Waals surface area contributed by atoms with Crippen LogP contribution in [-0.4, -0.2) is 9.97 Å². The standard InChI is InChI=1S/C54H36N2/c1-5-14-39(15-6-1)49-36-53(43-20-11-4-12-21-43)55-50-31-30-40-28-29-46(33-48(40)54(49)50)45-23-13-22-44(32-45)37-24-26-38(27-25-37)47-34-51(41-16-7-2-8-17-41)56-52(35-47)42-18-9-3-10-19-42/h1-36H. The van der Waals surface area contributed by atoms with Crippen LogP contribution in [0.25, 0.3) is 100.0 Å². The number of fused-ring (bicyclic) bond motifs is 3. The van der Waals surface area contributed by atoms with Crippen molar-refractivity contribution < 1.29 is 0 Å². The molecule has 0 saturated heterocycles. The Hall–Kier alpha value is -7.42. The molecule has 56 heavy (non-hydrogen) atoms. The lowest BCUT2D eigenvalue weighted by atomic mass is 9.92. The molecule has 0 aliphatic rings. The van der Waals surface area contributed by atoms with E-state index in [4.69, 9.17) is 9.97 Å². The predicted molar refractivity (Wildman–Crippen MR) is 235 cm³/mol. The minimum atomic E-state index is 0.963. The van der Waals surface area contributed by atoms with Gasteiger partial charge in [0.25, 0.3) is 0 Å². The summed E-state index contributed by atoms with van der Waals surface area (Å²) in [6, 6.07) is 77.6. The summed E-state index contributed by atoms with van der Waals surface area (Å²) in [6.45, 7) is 0. The van der Waals surface area contributed by atoms with Gasteiger partial charge in [0.2, 0.25) is 0 Å². The van der Waals surface area contributed by atoms with Gasteiger partial charge in [0.05, 0.1) is 22.6 Å². The average Bonchev–Trinajstić information content (AvgIpc) is 3.29. The summed E-state index contributed by atoms with van der Waals surface area (Å²) < 4.78 is 0. The summed E-state index contributed by atoms with van der Waals surface area (Å²) in [5, 5.41) is 3.56. The molecule has 0 aliphatic carbocycles. The summed E-state index contributed by atoms with van der Waals surface area (Å²) in [7, 11) is 0. The number of aromatic nitrogens is 2. The summed E-state index contributed by atoms with van der Waals surface area (Å²) in [5.41, 5.74) is 16.6. The molecular weight excluding hydrogens is 677 g/mol. The molecule has 0 spiro atoms. The number of pyridine rings is 2. The van der Waals surface area contributed by atoms with E-state index in [1.807, 2.05) is 18.2 Å². The van der Waals surface area contributed by atoms with E-state index < -0.39 is 0 Å². The van der Waals surface area contributed by atoms with Gasteiger partial charge in [-0.25, -0.2) is 9.97 Å². The van der Waals surface area contributed by atoms with E-state index in [9.17, 15) is 0 Å². The highest BCUT2D eigenvalue weighted by atomic mass is 14.7. The molecule has 0 amide bonds. The fourth-order valence-electron chi connectivity index (χ4n) is 7.78. The van der Waals surface area contributed by atoms with Crippen LogP contribution in [-0.2, 0) is 0 Å². The smallest absolute Gasteiger partial charge is 0.0722 e. The van der Waals surface area contributed by atoms with Crippen molar-refractivity contribution in [2.75, 3.05) is 0 Å². The van der Waals surface area contributed by atoms with Gasteiger partial charge in [0, 0.05) is 22.1 Å². The maximum Gasteiger partial charge on any atom is 0.0722 e. The van der Waals surface area contributed by atoms with E-state index in [2.05, 4.69) is 200 Å². The van der Waals surface area contributed by atoms with Gasteiger partial charge < -0.3 is 0 Å². The zero-order chi connectivity index (χ0) is 37.3. The number of benzene rings is 8. The first-order valence-corrected chi connectivity index (χ1v) is 19.1. The van der Waals surface area contributed by atoms with E-state index in [-0.39, 0.29) is 0 Å². The Balaban J connectivity index is 1.03. The van der Waals surface area contributed by atoms with Gasteiger partial charge in [0.1, 0.15) is 0 Å². The fraction of sp³-hybridized carbons (Fsp3) is 0. The highest BCUT2D eigenvalue weighted by molar-refractivity contribution is 6.14. The third-order valence-corrected chi connectivity index (χ3v) is 10.7. The van der Waals surface area contributed by atoms with Crippen LogP contribution >= 0.6 is 0 Å². The van der Waals surface area contributed by atoms with Crippen LogP contribution < -0.4 is 0 Å². The molecular formula is C54H36N2. The number of rotatable bonds is 7. The van der Waals surface area contributed by atoms with Crippen molar-refractivity contribution in [1.82, 2.24) is 9.97 Å². The van der Waals surface area contributed by atoms with E-state index in [1.165, 1.54) is 49.5 Å². The molecule has 0 bridgehead atoms. The Labute approximate surface area is 327 Å². The minimum absolute atomic E-state index is 0.963. The van der Waals surface area contributed by atoms with Gasteiger partial charge >= 0.3 is 0 Å². The first-order chi connectivity index (χ1) is 27.7. The van der Waals surface area contributed by atoms with Crippen molar-refractivity contribution in [2.45, 2.75) is 0 Å². The molecule has 0 aliphatic heterocycles.